The molecular formula is C21H22FN5O2S. The number of carbonyl (C=O) groups excluding carboxylic acids is 2. The lowest BCUT2D eigenvalue weighted by atomic mass is 10.2. The summed E-state index contributed by atoms with van der Waals surface area (Å²) in [6, 6.07) is 13.5. The number of amides is 2. The van der Waals surface area contributed by atoms with Gasteiger partial charge in [0.1, 0.15) is 11.6 Å². The summed E-state index contributed by atoms with van der Waals surface area (Å²) < 4.78 is 15.4. The highest BCUT2D eigenvalue weighted by molar-refractivity contribution is 7.99. The van der Waals surface area contributed by atoms with Crippen LogP contribution in [-0.4, -0.2) is 32.3 Å². The molecular weight excluding hydrogens is 405 g/mol. The van der Waals surface area contributed by atoms with Gasteiger partial charge in [-0.05, 0) is 38.1 Å². The van der Waals surface area contributed by atoms with Crippen molar-refractivity contribution in [1.82, 2.24) is 14.8 Å². The van der Waals surface area contributed by atoms with Gasteiger partial charge in [0.05, 0.1) is 17.9 Å². The Balaban J connectivity index is 1.58. The predicted molar refractivity (Wildman–Crippen MR) is 115 cm³/mol. The van der Waals surface area contributed by atoms with Gasteiger partial charge >= 0.3 is 0 Å². The fourth-order valence-corrected chi connectivity index (χ4v) is 3.56. The van der Waals surface area contributed by atoms with Crippen molar-refractivity contribution in [2.24, 2.45) is 0 Å². The molecule has 0 bridgehead atoms. The van der Waals surface area contributed by atoms with Crippen LogP contribution in [0.3, 0.4) is 0 Å². The summed E-state index contributed by atoms with van der Waals surface area (Å²) in [7, 11) is 0. The van der Waals surface area contributed by atoms with Gasteiger partial charge < -0.3 is 15.2 Å². The molecule has 0 fully saturated rings. The first-order valence-corrected chi connectivity index (χ1v) is 10.4. The molecule has 3 aromatic rings. The lowest BCUT2D eigenvalue weighted by Gasteiger charge is -2.09. The second-order valence-electron chi connectivity index (χ2n) is 6.55. The lowest BCUT2D eigenvalue weighted by molar-refractivity contribution is -0.116. The highest BCUT2D eigenvalue weighted by Gasteiger charge is 2.16. The van der Waals surface area contributed by atoms with Gasteiger partial charge in [-0.15, -0.1) is 10.2 Å². The van der Waals surface area contributed by atoms with Crippen molar-refractivity contribution in [2.75, 3.05) is 16.4 Å². The molecule has 0 aliphatic rings. The van der Waals surface area contributed by atoms with Crippen molar-refractivity contribution >= 4 is 35.0 Å². The van der Waals surface area contributed by atoms with Crippen LogP contribution in [0.2, 0.25) is 0 Å². The molecule has 0 unspecified atom stereocenters. The van der Waals surface area contributed by atoms with E-state index in [1.807, 2.05) is 38.1 Å². The minimum atomic E-state index is -0.491. The second kappa shape index (κ2) is 10.0. The number of carbonyl (C=O) groups is 2. The van der Waals surface area contributed by atoms with E-state index in [9.17, 15) is 14.0 Å². The summed E-state index contributed by atoms with van der Waals surface area (Å²) in [4.78, 5) is 24.5. The van der Waals surface area contributed by atoms with Crippen molar-refractivity contribution < 1.29 is 14.0 Å². The molecule has 0 spiro atoms. The van der Waals surface area contributed by atoms with E-state index >= 15 is 0 Å². The molecule has 156 valence electrons. The van der Waals surface area contributed by atoms with Crippen molar-refractivity contribution in [3.8, 4) is 0 Å². The van der Waals surface area contributed by atoms with E-state index in [4.69, 9.17) is 0 Å². The first-order valence-electron chi connectivity index (χ1n) is 9.42. The van der Waals surface area contributed by atoms with Gasteiger partial charge in [0.15, 0.2) is 5.16 Å². The van der Waals surface area contributed by atoms with Crippen LogP contribution in [0.4, 0.5) is 15.8 Å². The van der Waals surface area contributed by atoms with Crippen LogP contribution in [0.5, 0.6) is 0 Å². The summed E-state index contributed by atoms with van der Waals surface area (Å²) in [5.41, 5.74) is 1.96. The molecule has 0 radical (unpaired) electrons. The Kier molecular flexibility index (Phi) is 7.18. The molecule has 1 heterocycles. The van der Waals surface area contributed by atoms with Gasteiger partial charge in [-0.1, -0.05) is 41.6 Å². The Bertz CT molecular complexity index is 1040. The molecule has 7 nitrogen and oxygen atoms in total. The van der Waals surface area contributed by atoms with Gasteiger partial charge in [0.2, 0.25) is 11.8 Å². The number of hydrogen-bond donors (Lipinski definition) is 2. The molecule has 0 aliphatic carbocycles. The van der Waals surface area contributed by atoms with Crippen LogP contribution in [0.25, 0.3) is 0 Å². The van der Waals surface area contributed by atoms with Crippen LogP contribution in [0, 0.1) is 12.7 Å². The monoisotopic (exact) mass is 427 g/mol. The Morgan fingerprint density at radius 2 is 1.77 bits per heavy atom. The quantitative estimate of drug-likeness (QED) is 0.536. The molecule has 3 rings (SSSR count). The van der Waals surface area contributed by atoms with Crippen LogP contribution in [0.15, 0.2) is 53.7 Å². The van der Waals surface area contributed by atoms with Crippen molar-refractivity contribution in [3.63, 3.8) is 0 Å². The third kappa shape index (κ3) is 5.66. The van der Waals surface area contributed by atoms with Gasteiger partial charge in [-0.2, -0.15) is 0 Å². The zero-order chi connectivity index (χ0) is 21.5. The third-order valence-electron chi connectivity index (χ3n) is 4.24. The topological polar surface area (TPSA) is 88.9 Å². The molecule has 0 saturated carbocycles. The Morgan fingerprint density at radius 3 is 2.47 bits per heavy atom. The number of aryl methyl sites for hydroxylation is 1. The number of para-hydroxylation sites is 1. The van der Waals surface area contributed by atoms with Gasteiger partial charge in [0, 0.05) is 12.2 Å². The van der Waals surface area contributed by atoms with Crippen LogP contribution >= 0.6 is 11.8 Å². The standard InChI is InChI=1S/C21H22FN5O2S/c1-3-27-18(12-19(28)23-15-10-8-14(2)9-11-15)25-26-21(27)30-13-20(29)24-17-7-5-4-6-16(17)22/h4-11H,3,12-13H2,1-2H3,(H,23,28)(H,24,29). The predicted octanol–water partition coefficient (Wildman–Crippen LogP) is 3.66. The lowest BCUT2D eigenvalue weighted by Crippen LogP contribution is -2.18. The highest BCUT2D eigenvalue weighted by Crippen LogP contribution is 2.19. The summed E-state index contributed by atoms with van der Waals surface area (Å²) in [6.07, 6.45) is 0.0662. The largest absolute Gasteiger partial charge is 0.326 e. The maximum absolute atomic E-state index is 13.6. The molecule has 2 amide bonds. The number of aromatic nitrogens is 3. The van der Waals surface area contributed by atoms with E-state index in [1.54, 1.807) is 16.7 Å². The van der Waals surface area contributed by atoms with E-state index in [2.05, 4.69) is 20.8 Å². The zero-order valence-electron chi connectivity index (χ0n) is 16.7. The van der Waals surface area contributed by atoms with Crippen molar-refractivity contribution in [3.05, 3.63) is 65.7 Å². The molecule has 2 N–H and O–H groups in total. The van der Waals surface area contributed by atoms with Gasteiger partial charge in [-0.25, -0.2) is 4.39 Å². The summed E-state index contributed by atoms with van der Waals surface area (Å²) in [5.74, 6) is -0.486. The molecule has 0 aliphatic heterocycles. The first kappa shape index (κ1) is 21.5. The number of thioether (sulfide) groups is 1. The smallest absolute Gasteiger partial charge is 0.234 e. The summed E-state index contributed by atoms with van der Waals surface area (Å²) in [6.45, 7) is 4.44. The number of hydrogen-bond acceptors (Lipinski definition) is 5. The molecule has 30 heavy (non-hydrogen) atoms. The SMILES string of the molecule is CCn1c(CC(=O)Nc2ccc(C)cc2)nnc1SCC(=O)Nc1ccccc1F. The maximum Gasteiger partial charge on any atom is 0.234 e. The zero-order valence-corrected chi connectivity index (χ0v) is 17.5. The summed E-state index contributed by atoms with van der Waals surface area (Å²) >= 11 is 1.18. The van der Waals surface area contributed by atoms with Crippen molar-refractivity contribution in [1.29, 1.82) is 0 Å². The number of anilines is 2. The third-order valence-corrected chi connectivity index (χ3v) is 5.21. The Labute approximate surface area is 178 Å². The second-order valence-corrected chi connectivity index (χ2v) is 7.49. The number of benzene rings is 2. The van der Waals surface area contributed by atoms with Crippen LogP contribution in [-0.2, 0) is 22.6 Å². The van der Waals surface area contributed by atoms with E-state index in [0.29, 0.717) is 23.2 Å². The minimum Gasteiger partial charge on any atom is -0.326 e. The number of nitrogens with one attached hydrogen (secondary N) is 2. The van der Waals surface area contributed by atoms with E-state index < -0.39 is 5.82 Å². The van der Waals surface area contributed by atoms with E-state index in [0.717, 1.165) is 5.56 Å². The minimum absolute atomic E-state index is 0.0437. The first-order chi connectivity index (χ1) is 14.5. The molecule has 0 atom stereocenters. The van der Waals surface area contributed by atoms with Crippen LogP contribution < -0.4 is 10.6 Å². The Morgan fingerprint density at radius 1 is 1.03 bits per heavy atom. The highest BCUT2D eigenvalue weighted by atomic mass is 32.2. The molecule has 9 heteroatoms. The van der Waals surface area contributed by atoms with E-state index in [-0.39, 0.29) is 29.7 Å². The molecule has 1 aromatic heterocycles. The summed E-state index contributed by atoms with van der Waals surface area (Å²) in [5, 5.41) is 14.1. The van der Waals surface area contributed by atoms with Crippen LogP contribution in [0.1, 0.15) is 18.3 Å². The average molecular weight is 428 g/mol. The molecule has 0 saturated heterocycles. The normalized spacial score (nSPS) is 10.6. The average Bonchev–Trinajstić information content (AvgIpc) is 3.11. The fraction of sp³-hybridized carbons (Fsp3) is 0.238. The number of halogens is 1. The van der Waals surface area contributed by atoms with Gasteiger partial charge in [-0.3, -0.25) is 9.59 Å². The maximum atomic E-state index is 13.6. The van der Waals surface area contributed by atoms with Crippen molar-refractivity contribution in [2.45, 2.75) is 32.0 Å². The molecule has 2 aromatic carbocycles. The number of rotatable bonds is 8. The number of nitrogens with zero attached hydrogens (tertiary/aromatic N) is 3. The van der Waals surface area contributed by atoms with E-state index in [1.165, 1.54) is 23.9 Å². The Hall–Kier alpha value is -3.20. The fourth-order valence-electron chi connectivity index (χ4n) is 2.74. The van der Waals surface area contributed by atoms with Gasteiger partial charge in [0.25, 0.3) is 0 Å².